The SMILES string of the molecule is O=C(Nc1ccccc1NS(=O)(=O)c1ccccc1)c1ccc(S(=O)(=O)C(F)F)cc1. The normalized spacial score (nSPS) is 11.8. The van der Waals surface area contributed by atoms with Crippen molar-refractivity contribution in [3.8, 4) is 0 Å². The molecule has 0 fully saturated rings. The summed E-state index contributed by atoms with van der Waals surface area (Å²) in [5, 5.41) is 2.52. The zero-order valence-electron chi connectivity index (χ0n) is 15.7. The third-order valence-corrected chi connectivity index (χ3v) is 6.93. The van der Waals surface area contributed by atoms with E-state index in [1.807, 2.05) is 0 Å². The molecule has 0 aliphatic carbocycles. The van der Waals surface area contributed by atoms with E-state index in [9.17, 15) is 30.4 Å². The van der Waals surface area contributed by atoms with Gasteiger partial charge in [0.05, 0.1) is 21.2 Å². The Labute approximate surface area is 177 Å². The summed E-state index contributed by atoms with van der Waals surface area (Å²) in [6.45, 7) is 0. The highest BCUT2D eigenvalue weighted by molar-refractivity contribution is 7.92. The van der Waals surface area contributed by atoms with E-state index in [2.05, 4.69) is 10.0 Å². The molecule has 2 N–H and O–H groups in total. The number of hydrogen-bond donors (Lipinski definition) is 2. The molecule has 0 aliphatic heterocycles. The number of rotatable bonds is 7. The predicted octanol–water partition coefficient (Wildman–Crippen LogP) is 3.74. The maximum Gasteiger partial charge on any atom is 0.341 e. The Morgan fingerprint density at radius 2 is 1.26 bits per heavy atom. The van der Waals surface area contributed by atoms with Crippen molar-refractivity contribution in [3.05, 3.63) is 84.4 Å². The minimum absolute atomic E-state index is 0.00561. The molecular formula is C20H16F2N2O5S2. The minimum atomic E-state index is -4.77. The van der Waals surface area contributed by atoms with Gasteiger partial charge in [0.25, 0.3) is 15.9 Å². The fourth-order valence-electron chi connectivity index (χ4n) is 2.58. The maximum atomic E-state index is 12.6. The average Bonchev–Trinajstić information content (AvgIpc) is 2.75. The summed E-state index contributed by atoms with van der Waals surface area (Å²) in [5.41, 5.74) is 0.252. The first-order valence-electron chi connectivity index (χ1n) is 8.71. The molecule has 0 spiro atoms. The number of benzene rings is 3. The largest absolute Gasteiger partial charge is 0.341 e. The lowest BCUT2D eigenvalue weighted by atomic mass is 10.2. The summed E-state index contributed by atoms with van der Waals surface area (Å²) < 4.78 is 75.7. The number of alkyl halides is 2. The van der Waals surface area contributed by atoms with E-state index in [0.717, 1.165) is 24.3 Å². The van der Waals surface area contributed by atoms with Gasteiger partial charge in [-0.05, 0) is 48.5 Å². The standard InChI is InChI=1S/C20H16F2N2O5S2/c21-20(22)30(26,27)15-12-10-14(11-13-15)19(25)23-17-8-4-5-9-18(17)24-31(28,29)16-6-2-1-3-7-16/h1-13,20,24H,(H,23,25). The van der Waals surface area contributed by atoms with Crippen molar-refractivity contribution in [2.45, 2.75) is 15.5 Å². The van der Waals surface area contributed by atoms with Crippen LogP contribution >= 0.6 is 0 Å². The first-order valence-corrected chi connectivity index (χ1v) is 11.7. The highest BCUT2D eigenvalue weighted by atomic mass is 32.2. The lowest BCUT2D eigenvalue weighted by Gasteiger charge is -2.14. The van der Waals surface area contributed by atoms with E-state index in [1.54, 1.807) is 30.3 Å². The number of sulfonamides is 1. The van der Waals surface area contributed by atoms with Crippen LogP contribution in [0.5, 0.6) is 0 Å². The molecule has 3 aromatic rings. The van der Waals surface area contributed by atoms with Crippen LogP contribution in [0.4, 0.5) is 20.2 Å². The van der Waals surface area contributed by atoms with Crippen molar-refractivity contribution in [2.75, 3.05) is 10.0 Å². The number of sulfone groups is 1. The summed E-state index contributed by atoms with van der Waals surface area (Å²) in [4.78, 5) is 11.9. The molecule has 0 aliphatic rings. The van der Waals surface area contributed by atoms with Gasteiger partial charge < -0.3 is 5.32 Å². The molecule has 162 valence electrons. The molecule has 0 heterocycles. The zero-order chi connectivity index (χ0) is 22.6. The van der Waals surface area contributed by atoms with Gasteiger partial charge in [-0.15, -0.1) is 0 Å². The second-order valence-electron chi connectivity index (χ2n) is 6.25. The number of amides is 1. The molecule has 0 unspecified atom stereocenters. The van der Waals surface area contributed by atoms with Gasteiger partial charge in [-0.3, -0.25) is 9.52 Å². The van der Waals surface area contributed by atoms with E-state index in [1.165, 1.54) is 24.3 Å². The summed E-state index contributed by atoms with van der Waals surface area (Å²) in [6, 6.07) is 17.7. The highest BCUT2D eigenvalue weighted by Gasteiger charge is 2.26. The lowest BCUT2D eigenvalue weighted by molar-refractivity contribution is 0.102. The second-order valence-corrected chi connectivity index (χ2v) is 9.85. The van der Waals surface area contributed by atoms with Crippen molar-refractivity contribution >= 4 is 37.1 Å². The third-order valence-electron chi connectivity index (χ3n) is 4.15. The van der Waals surface area contributed by atoms with Gasteiger partial charge in [0.2, 0.25) is 9.84 Å². The topological polar surface area (TPSA) is 109 Å². The number of carbonyl (C=O) groups excluding carboxylic acids is 1. The van der Waals surface area contributed by atoms with Crippen LogP contribution in [0.3, 0.4) is 0 Å². The van der Waals surface area contributed by atoms with Crippen LogP contribution in [-0.4, -0.2) is 28.5 Å². The van der Waals surface area contributed by atoms with Crippen LogP contribution in [0.25, 0.3) is 0 Å². The van der Waals surface area contributed by atoms with Crippen LogP contribution < -0.4 is 10.0 Å². The molecule has 0 atom stereocenters. The molecule has 31 heavy (non-hydrogen) atoms. The molecule has 0 aromatic heterocycles. The monoisotopic (exact) mass is 466 g/mol. The lowest BCUT2D eigenvalue weighted by Crippen LogP contribution is -2.17. The highest BCUT2D eigenvalue weighted by Crippen LogP contribution is 2.25. The van der Waals surface area contributed by atoms with Gasteiger partial charge in [-0.2, -0.15) is 8.78 Å². The molecule has 7 nitrogen and oxygen atoms in total. The number of carbonyl (C=O) groups is 1. The molecule has 0 saturated carbocycles. The molecule has 0 saturated heterocycles. The summed E-state index contributed by atoms with van der Waals surface area (Å²) in [7, 11) is -8.68. The van der Waals surface area contributed by atoms with Gasteiger partial charge >= 0.3 is 5.76 Å². The Balaban J connectivity index is 1.82. The Hall–Kier alpha value is -3.31. The molecular weight excluding hydrogens is 450 g/mol. The third kappa shape index (κ3) is 5.06. The fourth-order valence-corrected chi connectivity index (χ4v) is 4.40. The number of halogens is 2. The van der Waals surface area contributed by atoms with Crippen LogP contribution in [0.2, 0.25) is 0 Å². The van der Waals surface area contributed by atoms with Crippen molar-refractivity contribution < 1.29 is 30.4 Å². The quantitative estimate of drug-likeness (QED) is 0.551. The number of nitrogens with one attached hydrogen (secondary N) is 2. The van der Waals surface area contributed by atoms with E-state index in [0.29, 0.717) is 0 Å². The smallest absolute Gasteiger partial charge is 0.320 e. The van der Waals surface area contributed by atoms with Crippen molar-refractivity contribution in [3.63, 3.8) is 0 Å². The van der Waals surface area contributed by atoms with E-state index in [4.69, 9.17) is 0 Å². The van der Waals surface area contributed by atoms with Crippen LogP contribution in [0.15, 0.2) is 88.7 Å². The summed E-state index contributed by atoms with van der Waals surface area (Å²) >= 11 is 0. The average molecular weight is 466 g/mol. The Morgan fingerprint density at radius 3 is 1.84 bits per heavy atom. The Bertz CT molecular complexity index is 1290. The number of para-hydroxylation sites is 2. The molecule has 0 radical (unpaired) electrons. The number of hydrogen-bond acceptors (Lipinski definition) is 5. The van der Waals surface area contributed by atoms with Gasteiger partial charge in [-0.25, -0.2) is 16.8 Å². The van der Waals surface area contributed by atoms with E-state index >= 15 is 0 Å². The van der Waals surface area contributed by atoms with Crippen LogP contribution in [0, 0.1) is 0 Å². The van der Waals surface area contributed by atoms with Gasteiger partial charge in [0.15, 0.2) is 0 Å². The van der Waals surface area contributed by atoms with Crippen molar-refractivity contribution in [2.24, 2.45) is 0 Å². The van der Waals surface area contributed by atoms with Crippen LogP contribution in [0.1, 0.15) is 10.4 Å². The Kier molecular flexibility index (Phi) is 6.37. The van der Waals surface area contributed by atoms with Gasteiger partial charge in [-0.1, -0.05) is 30.3 Å². The summed E-state index contributed by atoms with van der Waals surface area (Å²) in [6.07, 6.45) is 0. The summed E-state index contributed by atoms with van der Waals surface area (Å²) in [5.74, 6) is -4.26. The number of anilines is 2. The van der Waals surface area contributed by atoms with E-state index < -0.39 is 36.4 Å². The molecule has 3 aromatic carbocycles. The molecule has 11 heteroatoms. The van der Waals surface area contributed by atoms with Crippen molar-refractivity contribution in [1.29, 1.82) is 0 Å². The second kappa shape index (κ2) is 8.82. The molecule has 0 bridgehead atoms. The first-order chi connectivity index (χ1) is 14.6. The predicted molar refractivity (Wildman–Crippen MR) is 111 cm³/mol. The van der Waals surface area contributed by atoms with Gasteiger partial charge in [0.1, 0.15) is 0 Å². The zero-order valence-corrected chi connectivity index (χ0v) is 17.3. The Morgan fingerprint density at radius 1 is 0.710 bits per heavy atom. The molecule has 1 amide bonds. The van der Waals surface area contributed by atoms with Gasteiger partial charge in [0, 0.05) is 5.56 Å². The first kappa shape index (κ1) is 22.4. The molecule has 3 rings (SSSR count). The van der Waals surface area contributed by atoms with Crippen molar-refractivity contribution in [1.82, 2.24) is 0 Å². The maximum absolute atomic E-state index is 12.6. The minimum Gasteiger partial charge on any atom is -0.320 e. The fraction of sp³-hybridized carbons (Fsp3) is 0.0500. The van der Waals surface area contributed by atoms with Crippen LogP contribution in [-0.2, 0) is 19.9 Å². The van der Waals surface area contributed by atoms with E-state index in [-0.39, 0.29) is 21.8 Å².